The van der Waals surface area contributed by atoms with E-state index in [0.717, 1.165) is 19.5 Å². The third-order valence-electron chi connectivity index (χ3n) is 2.94. The Bertz CT molecular complexity index is 182. The summed E-state index contributed by atoms with van der Waals surface area (Å²) in [5.74, 6) is 1.06. The highest BCUT2D eigenvalue weighted by atomic mass is 16.5. The number of piperidine rings is 1. The van der Waals surface area contributed by atoms with Crippen LogP contribution in [0.1, 0.15) is 19.8 Å². The summed E-state index contributed by atoms with van der Waals surface area (Å²) in [6, 6.07) is 0. The molecule has 0 aliphatic carbocycles. The van der Waals surface area contributed by atoms with E-state index < -0.39 is 0 Å². The van der Waals surface area contributed by atoms with Gasteiger partial charge in [-0.05, 0) is 31.8 Å². The minimum atomic E-state index is -0.0681. The smallest absolute Gasteiger partial charge is 0.305 e. The molecule has 1 heterocycles. The lowest BCUT2D eigenvalue weighted by Crippen LogP contribution is -2.37. The van der Waals surface area contributed by atoms with Crippen molar-refractivity contribution in [3.05, 3.63) is 0 Å². The maximum atomic E-state index is 11.1. The van der Waals surface area contributed by atoms with Gasteiger partial charge in [-0.2, -0.15) is 0 Å². The van der Waals surface area contributed by atoms with Crippen molar-refractivity contribution in [2.75, 3.05) is 27.2 Å². The lowest BCUT2D eigenvalue weighted by molar-refractivity contribution is -0.142. The van der Waals surface area contributed by atoms with Gasteiger partial charge in [-0.15, -0.1) is 0 Å². The first-order valence-electron chi connectivity index (χ1n) is 4.89. The Morgan fingerprint density at radius 1 is 1.62 bits per heavy atom. The summed E-state index contributed by atoms with van der Waals surface area (Å²) < 4.78 is 4.68. The molecule has 0 saturated carbocycles. The molecule has 0 spiro atoms. The highest BCUT2D eigenvalue weighted by Crippen LogP contribution is 2.25. The van der Waals surface area contributed by atoms with Crippen LogP contribution in [0.15, 0.2) is 0 Å². The number of likely N-dealkylation sites (tertiary alicyclic amines) is 1. The second kappa shape index (κ2) is 4.61. The van der Waals surface area contributed by atoms with Crippen LogP contribution in [-0.4, -0.2) is 38.1 Å². The fourth-order valence-electron chi connectivity index (χ4n) is 2.00. The fraction of sp³-hybridized carbons (Fsp3) is 0.900. The summed E-state index contributed by atoms with van der Waals surface area (Å²) in [5.41, 5.74) is 0. The Morgan fingerprint density at radius 2 is 2.31 bits per heavy atom. The van der Waals surface area contributed by atoms with Crippen molar-refractivity contribution in [2.45, 2.75) is 19.8 Å². The monoisotopic (exact) mass is 185 g/mol. The molecule has 76 valence electrons. The fourth-order valence-corrected chi connectivity index (χ4v) is 2.00. The number of methoxy groups -OCH3 is 1. The Balaban J connectivity index is 2.38. The number of nitrogens with zero attached hydrogens (tertiary/aromatic N) is 1. The lowest BCUT2D eigenvalue weighted by atomic mass is 9.85. The third-order valence-corrected chi connectivity index (χ3v) is 2.94. The van der Waals surface area contributed by atoms with Crippen LogP contribution in [0.4, 0.5) is 0 Å². The number of ether oxygens (including phenoxy) is 1. The molecule has 1 fully saturated rings. The molecule has 1 aliphatic heterocycles. The van der Waals surface area contributed by atoms with E-state index in [2.05, 4.69) is 23.6 Å². The zero-order valence-corrected chi connectivity index (χ0v) is 8.75. The molecule has 3 heteroatoms. The van der Waals surface area contributed by atoms with E-state index >= 15 is 0 Å². The van der Waals surface area contributed by atoms with Gasteiger partial charge in [0.15, 0.2) is 0 Å². The molecule has 0 aromatic heterocycles. The van der Waals surface area contributed by atoms with Gasteiger partial charge < -0.3 is 9.64 Å². The Labute approximate surface area is 80.1 Å². The molecule has 0 radical (unpaired) electrons. The minimum absolute atomic E-state index is 0.0681. The van der Waals surface area contributed by atoms with E-state index in [1.54, 1.807) is 0 Å². The molecule has 1 rings (SSSR count). The minimum Gasteiger partial charge on any atom is -0.469 e. The summed E-state index contributed by atoms with van der Waals surface area (Å²) in [6.45, 7) is 4.41. The van der Waals surface area contributed by atoms with E-state index in [0.29, 0.717) is 18.3 Å². The second-order valence-electron chi connectivity index (χ2n) is 4.07. The molecule has 1 aliphatic rings. The van der Waals surface area contributed by atoms with Gasteiger partial charge in [0, 0.05) is 13.0 Å². The standard InChI is InChI=1S/C10H19NO2/c1-8-7-11(2)5-4-9(8)6-10(12)13-3/h8-9H,4-7H2,1-3H3. The van der Waals surface area contributed by atoms with Gasteiger partial charge in [-0.1, -0.05) is 6.92 Å². The van der Waals surface area contributed by atoms with Crippen LogP contribution < -0.4 is 0 Å². The average molecular weight is 185 g/mol. The molecule has 0 aromatic carbocycles. The highest BCUT2D eigenvalue weighted by Gasteiger charge is 2.26. The molecular formula is C10H19NO2. The van der Waals surface area contributed by atoms with Gasteiger partial charge in [0.25, 0.3) is 0 Å². The van der Waals surface area contributed by atoms with Gasteiger partial charge in [-0.25, -0.2) is 0 Å². The Hall–Kier alpha value is -0.570. The van der Waals surface area contributed by atoms with Crippen LogP contribution in [0, 0.1) is 11.8 Å². The van der Waals surface area contributed by atoms with E-state index in [1.165, 1.54) is 7.11 Å². The first kappa shape index (κ1) is 10.5. The highest BCUT2D eigenvalue weighted by molar-refractivity contribution is 5.69. The number of hydrogen-bond donors (Lipinski definition) is 0. The molecule has 0 bridgehead atoms. The van der Waals surface area contributed by atoms with Crippen molar-refractivity contribution >= 4 is 5.97 Å². The van der Waals surface area contributed by atoms with Crippen molar-refractivity contribution < 1.29 is 9.53 Å². The van der Waals surface area contributed by atoms with E-state index in [-0.39, 0.29) is 5.97 Å². The van der Waals surface area contributed by atoms with Crippen molar-refractivity contribution in [1.29, 1.82) is 0 Å². The van der Waals surface area contributed by atoms with Crippen molar-refractivity contribution in [2.24, 2.45) is 11.8 Å². The molecule has 3 nitrogen and oxygen atoms in total. The molecule has 1 saturated heterocycles. The summed E-state index contributed by atoms with van der Waals surface area (Å²) in [4.78, 5) is 13.4. The average Bonchev–Trinajstić information content (AvgIpc) is 2.09. The molecule has 0 N–H and O–H groups in total. The Kier molecular flexibility index (Phi) is 3.72. The van der Waals surface area contributed by atoms with Crippen LogP contribution >= 0.6 is 0 Å². The zero-order chi connectivity index (χ0) is 9.84. The number of carbonyl (C=O) groups excluding carboxylic acids is 1. The number of esters is 1. The first-order valence-corrected chi connectivity index (χ1v) is 4.89. The molecule has 2 unspecified atom stereocenters. The van der Waals surface area contributed by atoms with Gasteiger partial charge in [0.1, 0.15) is 0 Å². The van der Waals surface area contributed by atoms with E-state index in [1.807, 2.05) is 0 Å². The molecule has 0 aromatic rings. The number of carbonyl (C=O) groups is 1. The van der Waals surface area contributed by atoms with Crippen LogP contribution in [0.2, 0.25) is 0 Å². The third kappa shape index (κ3) is 2.99. The van der Waals surface area contributed by atoms with Gasteiger partial charge in [0.05, 0.1) is 7.11 Å². The summed E-state index contributed by atoms with van der Waals surface area (Å²) in [6.07, 6.45) is 1.71. The van der Waals surface area contributed by atoms with Crippen LogP contribution in [-0.2, 0) is 9.53 Å². The molecule has 0 amide bonds. The second-order valence-corrected chi connectivity index (χ2v) is 4.07. The predicted molar refractivity (Wildman–Crippen MR) is 51.4 cm³/mol. The number of hydrogen-bond acceptors (Lipinski definition) is 3. The molecule has 2 atom stereocenters. The predicted octanol–water partition coefficient (Wildman–Crippen LogP) is 1.14. The quantitative estimate of drug-likeness (QED) is 0.604. The largest absolute Gasteiger partial charge is 0.469 e. The van der Waals surface area contributed by atoms with Crippen molar-refractivity contribution in [3.8, 4) is 0 Å². The van der Waals surface area contributed by atoms with E-state index in [9.17, 15) is 4.79 Å². The molecule has 13 heavy (non-hydrogen) atoms. The van der Waals surface area contributed by atoms with E-state index in [4.69, 9.17) is 0 Å². The van der Waals surface area contributed by atoms with Crippen molar-refractivity contribution in [1.82, 2.24) is 4.90 Å². The zero-order valence-electron chi connectivity index (χ0n) is 8.75. The summed E-state index contributed by atoms with van der Waals surface area (Å²) in [5, 5.41) is 0. The van der Waals surface area contributed by atoms with Crippen LogP contribution in [0.25, 0.3) is 0 Å². The Morgan fingerprint density at radius 3 is 2.85 bits per heavy atom. The van der Waals surface area contributed by atoms with Crippen molar-refractivity contribution in [3.63, 3.8) is 0 Å². The summed E-state index contributed by atoms with van der Waals surface area (Å²) >= 11 is 0. The van der Waals surface area contributed by atoms with Gasteiger partial charge in [0.2, 0.25) is 0 Å². The van der Waals surface area contributed by atoms with Crippen LogP contribution in [0.5, 0.6) is 0 Å². The summed E-state index contributed by atoms with van der Waals surface area (Å²) in [7, 11) is 3.59. The maximum Gasteiger partial charge on any atom is 0.305 e. The SMILES string of the molecule is COC(=O)CC1CCN(C)CC1C. The van der Waals surface area contributed by atoms with Gasteiger partial charge >= 0.3 is 5.97 Å². The normalized spacial score (nSPS) is 30.1. The maximum absolute atomic E-state index is 11.1. The first-order chi connectivity index (χ1) is 6.13. The lowest BCUT2D eigenvalue weighted by Gasteiger charge is -2.34. The van der Waals surface area contributed by atoms with Gasteiger partial charge in [-0.3, -0.25) is 4.79 Å². The molecular weight excluding hydrogens is 166 g/mol. The number of rotatable bonds is 2. The topological polar surface area (TPSA) is 29.5 Å². The van der Waals surface area contributed by atoms with Crippen LogP contribution in [0.3, 0.4) is 0 Å².